The lowest BCUT2D eigenvalue weighted by Gasteiger charge is -2.42. The summed E-state index contributed by atoms with van der Waals surface area (Å²) in [4.78, 5) is 23.3. The van der Waals surface area contributed by atoms with Crippen LogP contribution in [0, 0.1) is 0 Å². The normalized spacial score (nSPS) is 19.4. The predicted octanol–water partition coefficient (Wildman–Crippen LogP) is 5.23. The van der Waals surface area contributed by atoms with Gasteiger partial charge in [0.15, 0.2) is 5.13 Å². The molecular weight excluding hydrogens is 458 g/mol. The highest BCUT2D eigenvalue weighted by Crippen LogP contribution is 2.47. The summed E-state index contributed by atoms with van der Waals surface area (Å²) in [5, 5.41) is 9.94. The number of hydrogen-bond donors (Lipinski definition) is 1. The molecule has 35 heavy (non-hydrogen) atoms. The largest absolute Gasteiger partial charge is 0.462 e. The van der Waals surface area contributed by atoms with Crippen LogP contribution in [-0.2, 0) is 15.6 Å². The first-order valence-electron chi connectivity index (χ1n) is 13.1. The molecule has 0 radical (unpaired) electrons. The maximum Gasteiger partial charge on any atom is 0.350 e. The van der Waals surface area contributed by atoms with Gasteiger partial charge in [-0.05, 0) is 67.2 Å². The summed E-state index contributed by atoms with van der Waals surface area (Å²) in [5.74, 6) is -0.286. The zero-order valence-electron chi connectivity index (χ0n) is 22.0. The molecule has 192 valence electrons. The molecule has 2 heterocycles. The fraction of sp³-hybridized carbons (Fsp3) is 0.643. The van der Waals surface area contributed by atoms with Crippen LogP contribution in [0.5, 0.6) is 0 Å². The monoisotopic (exact) mass is 499 g/mol. The Balaban J connectivity index is 1.64. The number of benzene rings is 1. The average molecular weight is 500 g/mol. The van der Waals surface area contributed by atoms with Crippen LogP contribution < -0.4 is 4.90 Å². The number of rotatable bonds is 8. The zero-order chi connectivity index (χ0) is 25.2. The highest BCUT2D eigenvalue weighted by atomic mass is 32.1. The Morgan fingerprint density at radius 2 is 1.74 bits per heavy atom. The molecule has 1 fully saturated rings. The van der Waals surface area contributed by atoms with E-state index in [2.05, 4.69) is 55.7 Å². The van der Waals surface area contributed by atoms with Crippen molar-refractivity contribution in [2.24, 2.45) is 0 Å². The number of esters is 1. The van der Waals surface area contributed by atoms with E-state index in [9.17, 15) is 4.79 Å². The third-order valence-corrected chi connectivity index (χ3v) is 8.82. The van der Waals surface area contributed by atoms with Crippen molar-refractivity contribution in [3.63, 3.8) is 0 Å². The molecule has 1 aromatic heterocycles. The zero-order valence-corrected chi connectivity index (χ0v) is 22.8. The van der Waals surface area contributed by atoms with Crippen LogP contribution in [-0.4, -0.2) is 66.9 Å². The minimum atomic E-state index is -0.286. The van der Waals surface area contributed by atoms with Crippen LogP contribution in [0.2, 0.25) is 0 Å². The van der Waals surface area contributed by atoms with Crippen molar-refractivity contribution in [1.29, 1.82) is 0 Å². The molecule has 6 nitrogen and oxygen atoms in total. The number of hydrogen-bond acceptors (Lipinski definition) is 7. The SMILES string of the molecule is CCOC(=O)c1sc(N2CCN(CCCCO)CC2)nc1-c1ccc2c(c1)C(C)(C)CCC2(C)C. The number of thiazole rings is 1. The molecular formula is C28H41N3O3S. The van der Waals surface area contributed by atoms with Gasteiger partial charge in [-0.1, -0.05) is 51.2 Å². The van der Waals surface area contributed by atoms with E-state index in [1.54, 1.807) is 0 Å². The fourth-order valence-corrected chi connectivity index (χ4v) is 6.35. The summed E-state index contributed by atoms with van der Waals surface area (Å²) in [6.07, 6.45) is 4.20. The number of anilines is 1. The molecule has 1 aliphatic heterocycles. The summed E-state index contributed by atoms with van der Waals surface area (Å²) in [6.45, 7) is 16.5. The maximum atomic E-state index is 13.0. The molecule has 1 aliphatic carbocycles. The molecule has 0 unspecified atom stereocenters. The van der Waals surface area contributed by atoms with Crippen molar-refractivity contribution in [3.8, 4) is 11.3 Å². The van der Waals surface area contributed by atoms with Crippen molar-refractivity contribution < 1.29 is 14.6 Å². The Hall–Kier alpha value is -1.96. The minimum Gasteiger partial charge on any atom is -0.462 e. The van der Waals surface area contributed by atoms with Crippen LogP contribution >= 0.6 is 11.3 Å². The summed E-state index contributed by atoms with van der Waals surface area (Å²) in [5.41, 5.74) is 4.77. The van der Waals surface area contributed by atoms with Crippen molar-refractivity contribution >= 4 is 22.4 Å². The first-order chi connectivity index (χ1) is 16.7. The number of piperazine rings is 1. The topological polar surface area (TPSA) is 65.9 Å². The molecule has 0 atom stereocenters. The second-order valence-corrected chi connectivity index (χ2v) is 12.2. The van der Waals surface area contributed by atoms with E-state index in [0.29, 0.717) is 11.5 Å². The average Bonchev–Trinajstić information content (AvgIpc) is 3.28. The summed E-state index contributed by atoms with van der Waals surface area (Å²) >= 11 is 1.46. The lowest BCUT2D eigenvalue weighted by atomic mass is 9.63. The highest BCUT2D eigenvalue weighted by Gasteiger charge is 2.37. The molecule has 7 heteroatoms. The first-order valence-corrected chi connectivity index (χ1v) is 13.9. The molecule has 2 aromatic rings. The third-order valence-electron chi connectivity index (χ3n) is 7.73. The minimum absolute atomic E-state index is 0.0934. The quantitative estimate of drug-likeness (QED) is 0.396. The van der Waals surface area contributed by atoms with Gasteiger partial charge in [0.25, 0.3) is 0 Å². The Morgan fingerprint density at radius 1 is 1.06 bits per heavy atom. The third kappa shape index (κ3) is 5.57. The number of ether oxygens (including phenoxy) is 1. The van der Waals surface area contributed by atoms with Gasteiger partial charge < -0.3 is 14.7 Å². The van der Waals surface area contributed by atoms with E-state index in [4.69, 9.17) is 14.8 Å². The lowest BCUT2D eigenvalue weighted by Crippen LogP contribution is -2.46. The smallest absolute Gasteiger partial charge is 0.350 e. The summed E-state index contributed by atoms with van der Waals surface area (Å²) in [7, 11) is 0. The molecule has 1 N–H and O–H groups in total. The Bertz CT molecular complexity index is 1040. The number of nitrogens with zero attached hydrogens (tertiary/aromatic N) is 3. The molecule has 0 bridgehead atoms. The lowest BCUT2D eigenvalue weighted by molar-refractivity contribution is 0.0532. The Kier molecular flexibility index (Phi) is 7.89. The van der Waals surface area contributed by atoms with Crippen molar-refractivity contribution in [1.82, 2.24) is 9.88 Å². The van der Waals surface area contributed by atoms with Gasteiger partial charge in [0, 0.05) is 38.3 Å². The van der Waals surface area contributed by atoms with Crippen LogP contribution in [0.25, 0.3) is 11.3 Å². The molecule has 2 aliphatic rings. The van der Waals surface area contributed by atoms with Crippen LogP contribution in [0.15, 0.2) is 18.2 Å². The predicted molar refractivity (Wildman–Crippen MR) is 144 cm³/mol. The van der Waals surface area contributed by atoms with Crippen molar-refractivity contribution in [2.75, 3.05) is 50.8 Å². The van der Waals surface area contributed by atoms with E-state index < -0.39 is 0 Å². The van der Waals surface area contributed by atoms with Crippen molar-refractivity contribution in [2.45, 2.75) is 71.1 Å². The van der Waals surface area contributed by atoms with E-state index in [1.807, 2.05) is 6.92 Å². The van der Waals surface area contributed by atoms with Crippen LogP contribution in [0.1, 0.15) is 81.1 Å². The number of aliphatic hydroxyl groups is 1. The summed E-state index contributed by atoms with van der Waals surface area (Å²) < 4.78 is 5.43. The number of aromatic nitrogens is 1. The second kappa shape index (κ2) is 10.6. The number of fused-ring (bicyclic) bond motifs is 1. The number of carbonyl (C=O) groups excluding carboxylic acids is 1. The van der Waals surface area contributed by atoms with Gasteiger partial charge >= 0.3 is 5.97 Å². The van der Waals surface area contributed by atoms with Gasteiger partial charge in [-0.15, -0.1) is 0 Å². The van der Waals surface area contributed by atoms with Crippen LogP contribution in [0.3, 0.4) is 0 Å². The molecule has 0 amide bonds. The molecule has 0 saturated carbocycles. The number of aliphatic hydroxyl groups excluding tert-OH is 1. The Labute approximate surface area is 214 Å². The van der Waals surface area contributed by atoms with Crippen LogP contribution in [0.4, 0.5) is 5.13 Å². The first kappa shape index (κ1) is 26.1. The number of carbonyl (C=O) groups is 1. The van der Waals surface area contributed by atoms with Gasteiger partial charge in [-0.25, -0.2) is 9.78 Å². The van der Waals surface area contributed by atoms with Gasteiger partial charge in [0.05, 0.1) is 12.3 Å². The van der Waals surface area contributed by atoms with E-state index in [0.717, 1.165) is 68.4 Å². The van der Waals surface area contributed by atoms with E-state index in [-0.39, 0.29) is 23.4 Å². The Morgan fingerprint density at radius 3 is 2.40 bits per heavy atom. The maximum absolute atomic E-state index is 13.0. The molecule has 4 rings (SSSR count). The van der Waals surface area contributed by atoms with Gasteiger partial charge in [0.2, 0.25) is 0 Å². The van der Waals surface area contributed by atoms with E-state index in [1.165, 1.54) is 28.9 Å². The molecule has 1 aromatic carbocycles. The molecule has 0 spiro atoms. The highest BCUT2D eigenvalue weighted by molar-refractivity contribution is 7.17. The standard InChI is InChI=1S/C28H41N3O3S/c1-6-34-25(33)24-23(20-9-10-21-22(19-20)28(4,5)12-11-27(21,2)3)29-26(35-24)31-16-14-30(15-17-31)13-7-8-18-32/h9-10,19,32H,6-8,11-18H2,1-5H3. The van der Waals surface area contributed by atoms with Gasteiger partial charge in [-0.2, -0.15) is 0 Å². The fourth-order valence-electron chi connectivity index (χ4n) is 5.32. The van der Waals surface area contributed by atoms with Gasteiger partial charge in [0.1, 0.15) is 4.88 Å². The number of unbranched alkanes of at least 4 members (excludes halogenated alkanes) is 1. The van der Waals surface area contributed by atoms with Crippen molar-refractivity contribution in [3.05, 3.63) is 34.2 Å². The van der Waals surface area contributed by atoms with Gasteiger partial charge in [-0.3, -0.25) is 4.90 Å². The second-order valence-electron chi connectivity index (χ2n) is 11.2. The molecule has 1 saturated heterocycles. The summed E-state index contributed by atoms with van der Waals surface area (Å²) in [6, 6.07) is 6.67. The van der Waals surface area contributed by atoms with E-state index >= 15 is 0 Å².